The molecule has 2 aromatic carbocycles. The molecule has 3 rings (SSSR count). The number of halogens is 2. The van der Waals surface area contributed by atoms with Crippen molar-refractivity contribution >= 4 is 40.7 Å². The molecule has 0 saturated heterocycles. The van der Waals surface area contributed by atoms with Crippen LogP contribution in [0.3, 0.4) is 0 Å². The lowest BCUT2D eigenvalue weighted by Gasteiger charge is -2.09. The van der Waals surface area contributed by atoms with Crippen LogP contribution in [0.25, 0.3) is 0 Å². The fourth-order valence-corrected chi connectivity index (χ4v) is 2.95. The number of amides is 3. The lowest BCUT2D eigenvalue weighted by molar-refractivity contribution is 0.0921. The molecule has 3 aromatic rings. The fraction of sp³-hybridized carbons (Fsp3) is 0.143. The molecule has 4 N–H and O–H groups in total. The third-order valence-corrected chi connectivity index (χ3v) is 4.56. The van der Waals surface area contributed by atoms with Gasteiger partial charge in [-0.05, 0) is 42.5 Å². The minimum Gasteiger partial charge on any atom is -0.383 e. The minimum atomic E-state index is -0.585. The number of carbonyl (C=O) groups is 3. The first-order valence-electron chi connectivity index (χ1n) is 9.37. The van der Waals surface area contributed by atoms with Crippen LogP contribution in [-0.2, 0) is 4.74 Å². The first kappa shape index (κ1) is 22.9. The fourth-order valence-electron chi connectivity index (χ4n) is 2.69. The predicted molar refractivity (Wildman–Crippen MR) is 117 cm³/mol. The van der Waals surface area contributed by atoms with Gasteiger partial charge in [0, 0.05) is 25.0 Å². The standard InChI is InChI=1S/C21H19ClFN5O4/c1-32-9-8-24-20(30)17-18(26-11-25-17)21(31)28-14-5-3-13(4-6-14)27-19(29)15-7-2-12(23)10-16(15)22/h2-7,10-11H,8-9H2,1H3,(H,24,30)(H,25,26)(H,27,29)(H,28,31). The van der Waals surface area contributed by atoms with E-state index in [0.717, 1.165) is 12.1 Å². The summed E-state index contributed by atoms with van der Waals surface area (Å²) in [5.41, 5.74) is 0.940. The van der Waals surface area contributed by atoms with Gasteiger partial charge in [-0.2, -0.15) is 0 Å². The highest BCUT2D eigenvalue weighted by Gasteiger charge is 2.20. The minimum absolute atomic E-state index is 0.00699. The van der Waals surface area contributed by atoms with Crippen LogP contribution in [0, 0.1) is 5.82 Å². The van der Waals surface area contributed by atoms with Gasteiger partial charge in [-0.1, -0.05) is 11.6 Å². The van der Waals surface area contributed by atoms with Crippen LogP contribution in [0.2, 0.25) is 5.02 Å². The number of aromatic nitrogens is 2. The van der Waals surface area contributed by atoms with E-state index in [1.54, 1.807) is 24.3 Å². The Hall–Kier alpha value is -3.76. The maximum Gasteiger partial charge on any atom is 0.276 e. The molecule has 0 bridgehead atoms. The van der Waals surface area contributed by atoms with E-state index >= 15 is 0 Å². The van der Waals surface area contributed by atoms with Gasteiger partial charge in [0.2, 0.25) is 0 Å². The SMILES string of the molecule is COCCNC(=O)c1[nH]cnc1C(=O)Nc1ccc(NC(=O)c2ccc(F)cc2Cl)cc1. The number of methoxy groups -OCH3 is 1. The molecule has 1 heterocycles. The number of H-pyrrole nitrogens is 1. The van der Waals surface area contributed by atoms with Gasteiger partial charge in [0.05, 0.1) is 23.5 Å². The summed E-state index contributed by atoms with van der Waals surface area (Å²) in [7, 11) is 1.51. The number of ether oxygens (including phenoxy) is 1. The van der Waals surface area contributed by atoms with Crippen molar-refractivity contribution in [1.82, 2.24) is 15.3 Å². The summed E-state index contributed by atoms with van der Waals surface area (Å²) in [5, 5.41) is 7.87. The smallest absolute Gasteiger partial charge is 0.276 e. The van der Waals surface area contributed by atoms with Crippen molar-refractivity contribution in [2.24, 2.45) is 0 Å². The number of anilines is 2. The summed E-state index contributed by atoms with van der Waals surface area (Å²) in [5.74, 6) is -2.12. The van der Waals surface area contributed by atoms with E-state index in [-0.39, 0.29) is 28.5 Å². The van der Waals surface area contributed by atoms with Crippen molar-refractivity contribution in [3.63, 3.8) is 0 Å². The Morgan fingerprint density at radius 1 is 1.03 bits per heavy atom. The topological polar surface area (TPSA) is 125 Å². The summed E-state index contributed by atoms with van der Waals surface area (Å²) < 4.78 is 18.0. The molecule has 11 heteroatoms. The van der Waals surface area contributed by atoms with Crippen molar-refractivity contribution in [2.45, 2.75) is 0 Å². The van der Waals surface area contributed by atoms with Crippen LogP contribution in [-0.4, -0.2) is 48.0 Å². The van der Waals surface area contributed by atoms with Gasteiger partial charge in [-0.15, -0.1) is 0 Å². The van der Waals surface area contributed by atoms with Crippen LogP contribution in [0.5, 0.6) is 0 Å². The highest BCUT2D eigenvalue weighted by Crippen LogP contribution is 2.20. The van der Waals surface area contributed by atoms with E-state index in [1.165, 1.54) is 19.5 Å². The summed E-state index contributed by atoms with van der Waals surface area (Å²) in [6.45, 7) is 0.614. The maximum atomic E-state index is 13.1. The second-order valence-electron chi connectivity index (χ2n) is 6.48. The summed E-state index contributed by atoms with van der Waals surface area (Å²) in [4.78, 5) is 43.6. The van der Waals surface area contributed by atoms with Gasteiger partial charge in [0.25, 0.3) is 17.7 Å². The monoisotopic (exact) mass is 459 g/mol. The van der Waals surface area contributed by atoms with Crippen molar-refractivity contribution in [3.8, 4) is 0 Å². The van der Waals surface area contributed by atoms with Crippen LogP contribution in [0.1, 0.15) is 31.3 Å². The molecule has 0 unspecified atom stereocenters. The first-order chi connectivity index (χ1) is 15.4. The van der Waals surface area contributed by atoms with Gasteiger partial charge in [-0.3, -0.25) is 14.4 Å². The molecule has 166 valence electrons. The quantitative estimate of drug-likeness (QED) is 0.385. The molecule has 3 amide bonds. The van der Waals surface area contributed by atoms with E-state index in [4.69, 9.17) is 16.3 Å². The number of aromatic amines is 1. The molecule has 9 nitrogen and oxygen atoms in total. The van der Waals surface area contributed by atoms with Gasteiger partial charge in [0.15, 0.2) is 5.69 Å². The zero-order valence-corrected chi connectivity index (χ0v) is 17.6. The first-order valence-corrected chi connectivity index (χ1v) is 9.75. The molecule has 0 saturated carbocycles. The Morgan fingerprint density at radius 3 is 2.31 bits per heavy atom. The summed E-state index contributed by atoms with van der Waals surface area (Å²) in [6, 6.07) is 9.72. The number of rotatable bonds is 8. The van der Waals surface area contributed by atoms with E-state index in [1.807, 2.05) is 0 Å². The molecule has 0 aliphatic carbocycles. The third-order valence-electron chi connectivity index (χ3n) is 4.25. The second-order valence-corrected chi connectivity index (χ2v) is 6.89. The Labute approximate surface area is 187 Å². The molecular weight excluding hydrogens is 441 g/mol. The highest BCUT2D eigenvalue weighted by molar-refractivity contribution is 6.34. The van der Waals surface area contributed by atoms with Crippen molar-refractivity contribution in [3.05, 3.63) is 76.6 Å². The van der Waals surface area contributed by atoms with Crippen LogP contribution < -0.4 is 16.0 Å². The Bertz CT molecular complexity index is 1130. The average molecular weight is 460 g/mol. The number of nitrogens with one attached hydrogen (secondary N) is 4. The molecule has 0 spiro atoms. The Morgan fingerprint density at radius 2 is 1.69 bits per heavy atom. The number of carbonyl (C=O) groups excluding carboxylic acids is 3. The van der Waals surface area contributed by atoms with Crippen molar-refractivity contribution < 1.29 is 23.5 Å². The van der Waals surface area contributed by atoms with Gasteiger partial charge >= 0.3 is 0 Å². The zero-order chi connectivity index (χ0) is 23.1. The molecule has 32 heavy (non-hydrogen) atoms. The maximum absolute atomic E-state index is 13.1. The predicted octanol–water partition coefficient (Wildman–Crippen LogP) is 3.08. The number of nitrogens with zero attached hydrogens (tertiary/aromatic N) is 1. The zero-order valence-electron chi connectivity index (χ0n) is 16.9. The van der Waals surface area contributed by atoms with E-state index < -0.39 is 23.5 Å². The highest BCUT2D eigenvalue weighted by atomic mass is 35.5. The van der Waals surface area contributed by atoms with Crippen molar-refractivity contribution in [1.29, 1.82) is 0 Å². The van der Waals surface area contributed by atoms with Crippen LogP contribution >= 0.6 is 11.6 Å². The van der Waals surface area contributed by atoms with Gasteiger partial charge in [0.1, 0.15) is 11.5 Å². The molecule has 0 aliphatic rings. The Kier molecular flexibility index (Phi) is 7.53. The van der Waals surface area contributed by atoms with Crippen LogP contribution in [0.15, 0.2) is 48.8 Å². The second kappa shape index (κ2) is 10.5. The summed E-state index contributed by atoms with van der Waals surface area (Å²) >= 11 is 5.90. The van der Waals surface area contributed by atoms with Gasteiger partial charge < -0.3 is 25.7 Å². The number of hydrogen-bond donors (Lipinski definition) is 4. The molecule has 0 atom stereocenters. The molecule has 0 fully saturated rings. The van der Waals surface area contributed by atoms with Gasteiger partial charge in [-0.25, -0.2) is 9.37 Å². The molecule has 0 aliphatic heterocycles. The average Bonchev–Trinajstić information content (AvgIpc) is 3.25. The number of benzene rings is 2. The molecular formula is C21H19ClFN5O4. The lowest BCUT2D eigenvalue weighted by atomic mass is 10.2. The molecule has 0 radical (unpaired) electrons. The van der Waals surface area contributed by atoms with E-state index in [9.17, 15) is 18.8 Å². The number of imidazole rings is 1. The normalized spacial score (nSPS) is 10.5. The van der Waals surface area contributed by atoms with E-state index in [0.29, 0.717) is 18.0 Å². The lowest BCUT2D eigenvalue weighted by Crippen LogP contribution is -2.29. The van der Waals surface area contributed by atoms with Crippen LogP contribution in [0.4, 0.5) is 15.8 Å². The molecule has 1 aromatic heterocycles. The third kappa shape index (κ3) is 5.68. The summed E-state index contributed by atoms with van der Waals surface area (Å²) in [6.07, 6.45) is 1.25. The van der Waals surface area contributed by atoms with Crippen molar-refractivity contribution in [2.75, 3.05) is 30.9 Å². The Balaban J connectivity index is 1.62. The largest absolute Gasteiger partial charge is 0.383 e. The van der Waals surface area contributed by atoms with E-state index in [2.05, 4.69) is 25.9 Å². The number of hydrogen-bond acceptors (Lipinski definition) is 5.